The summed E-state index contributed by atoms with van der Waals surface area (Å²) in [5.41, 5.74) is 2.37. The van der Waals surface area contributed by atoms with Crippen molar-refractivity contribution in [3.8, 4) is 0 Å². The van der Waals surface area contributed by atoms with E-state index in [1.807, 2.05) is 18.8 Å². The van der Waals surface area contributed by atoms with Crippen LogP contribution >= 0.6 is 0 Å². The second-order valence-electron chi connectivity index (χ2n) is 4.68. The zero-order chi connectivity index (χ0) is 12.4. The molecule has 1 heterocycles. The smallest absolute Gasteiger partial charge is 0.0875 e. The van der Waals surface area contributed by atoms with E-state index >= 15 is 0 Å². The molecule has 0 aliphatic rings. The van der Waals surface area contributed by atoms with Crippen LogP contribution in [-0.2, 0) is 7.05 Å². The van der Waals surface area contributed by atoms with Gasteiger partial charge in [-0.25, -0.2) is 0 Å². The summed E-state index contributed by atoms with van der Waals surface area (Å²) in [4.78, 5) is 0. The molecule has 3 nitrogen and oxygen atoms in total. The predicted octanol–water partition coefficient (Wildman–Crippen LogP) is 2.88. The number of aromatic nitrogens is 2. The summed E-state index contributed by atoms with van der Waals surface area (Å²) in [5.74, 6) is 0.582. The highest BCUT2D eigenvalue weighted by molar-refractivity contribution is 5.82. The Balaban J connectivity index is 2.54. The molecule has 1 aromatic carbocycles. The third-order valence-corrected chi connectivity index (χ3v) is 3.60. The molecule has 0 spiro atoms. The van der Waals surface area contributed by atoms with Gasteiger partial charge in [-0.15, -0.1) is 0 Å². The maximum atomic E-state index is 4.68. The van der Waals surface area contributed by atoms with Crippen molar-refractivity contribution in [2.24, 2.45) is 13.0 Å². The number of aryl methyl sites for hydroxylation is 1. The maximum Gasteiger partial charge on any atom is 0.0875 e. The molecule has 3 heteroatoms. The molecule has 0 bridgehead atoms. The van der Waals surface area contributed by atoms with Crippen LogP contribution in [0.1, 0.15) is 32.0 Å². The molecule has 0 saturated carbocycles. The van der Waals surface area contributed by atoms with Crippen molar-refractivity contribution >= 4 is 10.9 Å². The fraction of sp³-hybridized carbons (Fsp3) is 0.500. The summed E-state index contributed by atoms with van der Waals surface area (Å²) in [6, 6.07) is 8.74. The standard InChI is InChI=1S/C14H21N3/c1-5-10(2)13(15-3)14-11-8-6-7-9-12(11)17(4)16-14/h6-10,13,15H,5H2,1-4H3. The number of nitrogens with one attached hydrogen (secondary N) is 1. The number of benzene rings is 1. The Morgan fingerprint density at radius 3 is 2.71 bits per heavy atom. The lowest BCUT2D eigenvalue weighted by atomic mass is 9.95. The molecule has 92 valence electrons. The van der Waals surface area contributed by atoms with E-state index in [1.165, 1.54) is 16.6 Å². The third-order valence-electron chi connectivity index (χ3n) is 3.60. The third kappa shape index (κ3) is 2.07. The van der Waals surface area contributed by atoms with Gasteiger partial charge in [-0.1, -0.05) is 38.5 Å². The molecule has 2 atom stereocenters. The lowest BCUT2D eigenvalue weighted by Crippen LogP contribution is -2.23. The molecule has 2 unspecified atom stereocenters. The molecule has 17 heavy (non-hydrogen) atoms. The summed E-state index contributed by atoms with van der Waals surface area (Å²) in [6.45, 7) is 4.49. The predicted molar refractivity (Wildman–Crippen MR) is 72.0 cm³/mol. The molecule has 2 aromatic rings. The number of para-hydroxylation sites is 1. The van der Waals surface area contributed by atoms with E-state index in [2.05, 4.69) is 48.5 Å². The van der Waals surface area contributed by atoms with Crippen LogP contribution in [0.5, 0.6) is 0 Å². The van der Waals surface area contributed by atoms with Crippen LogP contribution in [0.3, 0.4) is 0 Å². The van der Waals surface area contributed by atoms with Gasteiger partial charge in [0.05, 0.1) is 17.3 Å². The molecule has 0 aliphatic carbocycles. The van der Waals surface area contributed by atoms with Gasteiger partial charge < -0.3 is 5.32 Å². The molecule has 0 fully saturated rings. The van der Waals surface area contributed by atoms with Gasteiger partial charge in [0.1, 0.15) is 0 Å². The van der Waals surface area contributed by atoms with Gasteiger partial charge >= 0.3 is 0 Å². The van der Waals surface area contributed by atoms with E-state index in [9.17, 15) is 0 Å². The molecule has 0 amide bonds. The second kappa shape index (κ2) is 4.88. The summed E-state index contributed by atoms with van der Waals surface area (Å²) in [5, 5.41) is 9.34. The normalized spacial score (nSPS) is 15.1. The van der Waals surface area contributed by atoms with Gasteiger partial charge in [0.2, 0.25) is 0 Å². The quantitative estimate of drug-likeness (QED) is 0.877. The second-order valence-corrected chi connectivity index (χ2v) is 4.68. The van der Waals surface area contributed by atoms with Crippen LogP contribution in [0.2, 0.25) is 0 Å². The Bertz CT molecular complexity index is 501. The van der Waals surface area contributed by atoms with Crippen LogP contribution < -0.4 is 5.32 Å². The maximum absolute atomic E-state index is 4.68. The van der Waals surface area contributed by atoms with E-state index in [-0.39, 0.29) is 0 Å². The van der Waals surface area contributed by atoms with Crippen molar-refractivity contribution in [2.75, 3.05) is 7.05 Å². The van der Waals surface area contributed by atoms with E-state index in [0.29, 0.717) is 12.0 Å². The van der Waals surface area contributed by atoms with Crippen molar-refractivity contribution in [1.82, 2.24) is 15.1 Å². The Morgan fingerprint density at radius 2 is 2.06 bits per heavy atom. The van der Waals surface area contributed by atoms with Gasteiger partial charge in [-0.2, -0.15) is 5.10 Å². The topological polar surface area (TPSA) is 29.9 Å². The minimum absolute atomic E-state index is 0.325. The first-order valence-corrected chi connectivity index (χ1v) is 6.28. The van der Waals surface area contributed by atoms with Gasteiger partial charge in [-0.05, 0) is 19.0 Å². The molecular formula is C14H21N3. The van der Waals surface area contributed by atoms with Crippen LogP contribution in [-0.4, -0.2) is 16.8 Å². The van der Waals surface area contributed by atoms with Crippen molar-refractivity contribution < 1.29 is 0 Å². The van der Waals surface area contributed by atoms with E-state index in [1.54, 1.807) is 0 Å². The molecule has 1 aromatic heterocycles. The summed E-state index contributed by atoms with van der Waals surface area (Å²) in [7, 11) is 4.02. The summed E-state index contributed by atoms with van der Waals surface area (Å²) in [6.07, 6.45) is 1.15. The number of hydrogen-bond donors (Lipinski definition) is 1. The first kappa shape index (κ1) is 12.1. The minimum atomic E-state index is 0.325. The fourth-order valence-corrected chi connectivity index (χ4v) is 2.40. The summed E-state index contributed by atoms with van der Waals surface area (Å²) >= 11 is 0. The minimum Gasteiger partial charge on any atom is -0.311 e. The Morgan fingerprint density at radius 1 is 1.35 bits per heavy atom. The largest absolute Gasteiger partial charge is 0.311 e. The highest BCUT2D eigenvalue weighted by Gasteiger charge is 2.21. The van der Waals surface area contributed by atoms with Crippen molar-refractivity contribution in [3.05, 3.63) is 30.0 Å². The van der Waals surface area contributed by atoms with Gasteiger partial charge in [0.15, 0.2) is 0 Å². The Labute approximate surface area is 103 Å². The molecule has 1 N–H and O–H groups in total. The lowest BCUT2D eigenvalue weighted by Gasteiger charge is -2.20. The fourth-order valence-electron chi connectivity index (χ4n) is 2.40. The number of rotatable bonds is 4. The number of nitrogens with zero attached hydrogens (tertiary/aromatic N) is 2. The van der Waals surface area contributed by atoms with Gasteiger partial charge in [-0.3, -0.25) is 4.68 Å². The van der Waals surface area contributed by atoms with Crippen LogP contribution in [0.15, 0.2) is 24.3 Å². The molecule has 0 aliphatic heterocycles. The number of fused-ring (bicyclic) bond motifs is 1. The van der Waals surface area contributed by atoms with Crippen LogP contribution in [0.25, 0.3) is 10.9 Å². The Hall–Kier alpha value is -1.35. The highest BCUT2D eigenvalue weighted by Crippen LogP contribution is 2.29. The Kier molecular flexibility index (Phi) is 3.48. The molecular weight excluding hydrogens is 210 g/mol. The molecule has 2 rings (SSSR count). The average molecular weight is 231 g/mol. The van der Waals surface area contributed by atoms with E-state index in [4.69, 9.17) is 0 Å². The average Bonchev–Trinajstić information content (AvgIpc) is 2.68. The summed E-state index contributed by atoms with van der Waals surface area (Å²) < 4.78 is 1.97. The van der Waals surface area contributed by atoms with E-state index in [0.717, 1.165) is 6.42 Å². The van der Waals surface area contributed by atoms with Crippen LogP contribution in [0.4, 0.5) is 0 Å². The molecule has 0 radical (unpaired) electrons. The van der Waals surface area contributed by atoms with E-state index < -0.39 is 0 Å². The SMILES string of the molecule is CCC(C)C(NC)c1nn(C)c2ccccc12. The van der Waals surface area contributed by atoms with Crippen molar-refractivity contribution in [2.45, 2.75) is 26.3 Å². The lowest BCUT2D eigenvalue weighted by molar-refractivity contribution is 0.392. The molecule has 0 saturated heterocycles. The van der Waals surface area contributed by atoms with Gasteiger partial charge in [0.25, 0.3) is 0 Å². The zero-order valence-electron chi connectivity index (χ0n) is 11.1. The van der Waals surface area contributed by atoms with Gasteiger partial charge in [0, 0.05) is 12.4 Å². The highest BCUT2D eigenvalue weighted by atomic mass is 15.3. The zero-order valence-corrected chi connectivity index (χ0v) is 11.1. The van der Waals surface area contributed by atoms with Crippen molar-refractivity contribution in [3.63, 3.8) is 0 Å². The first-order valence-electron chi connectivity index (χ1n) is 6.28. The number of hydrogen-bond acceptors (Lipinski definition) is 2. The van der Waals surface area contributed by atoms with Crippen LogP contribution in [0, 0.1) is 5.92 Å². The first-order chi connectivity index (χ1) is 8.19. The van der Waals surface area contributed by atoms with Crippen molar-refractivity contribution in [1.29, 1.82) is 0 Å². The monoisotopic (exact) mass is 231 g/mol.